The maximum absolute atomic E-state index is 6.47. The average Bonchev–Trinajstić information content (AvgIpc) is 2.80. The second-order valence-corrected chi connectivity index (χ2v) is 9.25. The van der Waals surface area contributed by atoms with E-state index < -0.39 is 0 Å². The molecule has 2 bridgehead atoms. The molecule has 21 heavy (non-hydrogen) atoms. The highest BCUT2D eigenvalue weighted by Crippen LogP contribution is 2.73. The fraction of sp³-hybridized carbons (Fsp3) is 0.900. The summed E-state index contributed by atoms with van der Waals surface area (Å²) in [6.07, 6.45) is 9.21. The predicted molar refractivity (Wildman–Crippen MR) is 89.2 cm³/mol. The lowest BCUT2D eigenvalue weighted by molar-refractivity contribution is -0.114. The van der Waals surface area contributed by atoms with Gasteiger partial charge in [0.25, 0.3) is 0 Å². The molecule has 120 valence electrons. The molecule has 1 spiro atoms. The van der Waals surface area contributed by atoms with Crippen molar-refractivity contribution < 1.29 is 4.74 Å². The number of hydrogen-bond acceptors (Lipinski definition) is 1. The Labute approximate surface area is 131 Å². The zero-order chi connectivity index (χ0) is 15.5. The van der Waals surface area contributed by atoms with E-state index in [9.17, 15) is 0 Å². The van der Waals surface area contributed by atoms with Crippen molar-refractivity contribution in [3.63, 3.8) is 0 Å². The summed E-state index contributed by atoms with van der Waals surface area (Å²) in [6, 6.07) is 0. The normalized spacial score (nSPS) is 47.2. The second kappa shape index (κ2) is 4.85. The molecule has 3 aliphatic rings. The number of ether oxygens (including phenoxy) is 1. The first-order valence-corrected chi connectivity index (χ1v) is 9.00. The predicted octanol–water partition coefficient (Wildman–Crippen LogP) is 5.60. The molecule has 0 aromatic heterocycles. The van der Waals surface area contributed by atoms with E-state index in [4.69, 9.17) is 4.74 Å². The summed E-state index contributed by atoms with van der Waals surface area (Å²) in [4.78, 5) is 0. The van der Waals surface area contributed by atoms with E-state index in [0.717, 1.165) is 24.4 Å². The summed E-state index contributed by atoms with van der Waals surface area (Å²) in [7, 11) is 0. The molecule has 0 heterocycles. The molecule has 1 nitrogen and oxygen atoms in total. The van der Waals surface area contributed by atoms with Crippen LogP contribution in [0, 0.1) is 28.6 Å². The summed E-state index contributed by atoms with van der Waals surface area (Å²) < 4.78 is 6.47. The Balaban J connectivity index is 1.85. The van der Waals surface area contributed by atoms with Crippen LogP contribution >= 0.6 is 0 Å². The summed E-state index contributed by atoms with van der Waals surface area (Å²) in [6.45, 7) is 15.1. The van der Waals surface area contributed by atoms with E-state index in [1.165, 1.54) is 37.7 Å². The van der Waals surface area contributed by atoms with Gasteiger partial charge in [-0.15, -0.1) is 0 Å². The molecule has 0 saturated heterocycles. The molecule has 5 unspecified atom stereocenters. The Morgan fingerprint density at radius 1 is 1.10 bits per heavy atom. The van der Waals surface area contributed by atoms with Crippen LogP contribution in [0.1, 0.15) is 73.6 Å². The minimum Gasteiger partial charge on any atom is -0.371 e. The van der Waals surface area contributed by atoms with Crippen molar-refractivity contribution >= 4 is 0 Å². The van der Waals surface area contributed by atoms with Crippen molar-refractivity contribution in [3.05, 3.63) is 11.6 Å². The van der Waals surface area contributed by atoms with Gasteiger partial charge in [-0.25, -0.2) is 0 Å². The lowest BCUT2D eigenvalue weighted by Gasteiger charge is -2.47. The van der Waals surface area contributed by atoms with E-state index >= 15 is 0 Å². The third-order valence-corrected chi connectivity index (χ3v) is 7.67. The Bertz CT molecular complexity index is 445. The number of hydrogen-bond donors (Lipinski definition) is 0. The molecule has 0 aromatic carbocycles. The molecular formula is C20H34O. The van der Waals surface area contributed by atoms with Gasteiger partial charge in [-0.1, -0.05) is 32.4 Å². The van der Waals surface area contributed by atoms with Gasteiger partial charge in [-0.2, -0.15) is 0 Å². The van der Waals surface area contributed by atoms with Crippen molar-refractivity contribution in [2.45, 2.75) is 79.2 Å². The Kier molecular flexibility index (Phi) is 3.60. The van der Waals surface area contributed by atoms with Crippen molar-refractivity contribution in [3.8, 4) is 0 Å². The third-order valence-electron chi connectivity index (χ3n) is 7.67. The summed E-state index contributed by atoms with van der Waals surface area (Å²) in [5.74, 6) is 2.59. The van der Waals surface area contributed by atoms with Crippen molar-refractivity contribution in [2.75, 3.05) is 6.61 Å². The maximum atomic E-state index is 6.47. The fourth-order valence-electron chi connectivity index (χ4n) is 6.43. The molecule has 0 aliphatic heterocycles. The van der Waals surface area contributed by atoms with Crippen molar-refractivity contribution in [1.82, 2.24) is 0 Å². The van der Waals surface area contributed by atoms with Gasteiger partial charge >= 0.3 is 0 Å². The van der Waals surface area contributed by atoms with Crippen LogP contribution < -0.4 is 0 Å². The molecule has 0 N–H and O–H groups in total. The van der Waals surface area contributed by atoms with E-state index in [1.807, 2.05) is 0 Å². The fourth-order valence-corrected chi connectivity index (χ4v) is 6.43. The first kappa shape index (κ1) is 15.6. The van der Waals surface area contributed by atoms with Gasteiger partial charge in [-0.05, 0) is 81.5 Å². The first-order valence-electron chi connectivity index (χ1n) is 9.00. The summed E-state index contributed by atoms with van der Waals surface area (Å²) in [5, 5.41) is 0. The van der Waals surface area contributed by atoms with E-state index in [2.05, 4.69) is 47.6 Å². The largest absolute Gasteiger partial charge is 0.371 e. The first-order chi connectivity index (χ1) is 9.72. The molecular weight excluding hydrogens is 256 g/mol. The number of rotatable bonds is 3. The van der Waals surface area contributed by atoms with Gasteiger partial charge < -0.3 is 4.74 Å². The minimum atomic E-state index is 0.0881. The monoisotopic (exact) mass is 290 g/mol. The Morgan fingerprint density at radius 2 is 1.81 bits per heavy atom. The van der Waals surface area contributed by atoms with Crippen LogP contribution in [0.3, 0.4) is 0 Å². The molecule has 3 saturated carbocycles. The van der Waals surface area contributed by atoms with Crippen LogP contribution in [0.4, 0.5) is 0 Å². The topological polar surface area (TPSA) is 9.23 Å². The molecule has 3 rings (SSSR count). The van der Waals surface area contributed by atoms with Gasteiger partial charge in [0, 0.05) is 0 Å². The standard InChI is InChI=1S/C20H34O/c1-14(2)9-12-21-19(6)10-11-20-13-17(19)18(4,5)16(20)8-7-15(20)3/h9,15-17H,7-8,10-13H2,1-6H3. The highest BCUT2D eigenvalue weighted by atomic mass is 16.5. The highest BCUT2D eigenvalue weighted by Gasteiger charge is 2.68. The molecule has 0 aromatic rings. The molecule has 1 heteroatoms. The summed E-state index contributed by atoms with van der Waals surface area (Å²) in [5.41, 5.74) is 2.54. The maximum Gasteiger partial charge on any atom is 0.0692 e. The average molecular weight is 290 g/mol. The SMILES string of the molecule is CC(C)=CCOC1(C)CCC23CC1C(C)(C)C2CCC3C. The van der Waals surface area contributed by atoms with Crippen LogP contribution in [0.2, 0.25) is 0 Å². The zero-order valence-electron chi connectivity index (χ0n) is 15.0. The highest BCUT2D eigenvalue weighted by molar-refractivity contribution is 5.17. The lowest BCUT2D eigenvalue weighted by atomic mass is 9.64. The van der Waals surface area contributed by atoms with Gasteiger partial charge in [0.05, 0.1) is 12.2 Å². The van der Waals surface area contributed by atoms with Crippen LogP contribution in [0.25, 0.3) is 0 Å². The van der Waals surface area contributed by atoms with Gasteiger partial charge in [-0.3, -0.25) is 0 Å². The molecule has 5 atom stereocenters. The van der Waals surface area contributed by atoms with Crippen LogP contribution in [0.5, 0.6) is 0 Å². The van der Waals surface area contributed by atoms with Crippen LogP contribution in [-0.4, -0.2) is 12.2 Å². The minimum absolute atomic E-state index is 0.0881. The van der Waals surface area contributed by atoms with Gasteiger partial charge in [0.15, 0.2) is 0 Å². The number of allylic oxidation sites excluding steroid dienone is 1. The van der Waals surface area contributed by atoms with Gasteiger partial charge in [0.2, 0.25) is 0 Å². The number of fused-ring (bicyclic) bond motifs is 1. The Morgan fingerprint density at radius 3 is 2.48 bits per heavy atom. The lowest BCUT2D eigenvalue weighted by Crippen LogP contribution is -2.46. The van der Waals surface area contributed by atoms with Crippen LogP contribution in [0.15, 0.2) is 11.6 Å². The van der Waals surface area contributed by atoms with Crippen molar-refractivity contribution in [2.24, 2.45) is 28.6 Å². The second-order valence-electron chi connectivity index (χ2n) is 9.25. The molecule has 0 radical (unpaired) electrons. The molecule has 0 amide bonds. The van der Waals surface area contributed by atoms with E-state index in [1.54, 1.807) is 0 Å². The molecule has 3 fully saturated rings. The molecule has 3 aliphatic carbocycles. The Hall–Kier alpha value is -0.300. The third kappa shape index (κ3) is 2.14. The quantitative estimate of drug-likeness (QED) is 0.615. The van der Waals surface area contributed by atoms with Crippen molar-refractivity contribution in [1.29, 1.82) is 0 Å². The van der Waals surface area contributed by atoms with Crippen LogP contribution in [-0.2, 0) is 4.74 Å². The van der Waals surface area contributed by atoms with E-state index in [0.29, 0.717) is 10.8 Å². The zero-order valence-corrected chi connectivity index (χ0v) is 15.0. The van der Waals surface area contributed by atoms with E-state index in [-0.39, 0.29) is 5.60 Å². The summed E-state index contributed by atoms with van der Waals surface area (Å²) >= 11 is 0. The van der Waals surface area contributed by atoms with Gasteiger partial charge in [0.1, 0.15) is 0 Å². The smallest absolute Gasteiger partial charge is 0.0692 e.